The van der Waals surface area contributed by atoms with E-state index in [4.69, 9.17) is 4.74 Å². The molecule has 1 heterocycles. The van der Waals surface area contributed by atoms with Crippen LogP contribution < -0.4 is 14.9 Å². The molecule has 0 unspecified atom stereocenters. The minimum atomic E-state index is -0.368. The minimum Gasteiger partial charge on any atom is -0.484 e. The lowest BCUT2D eigenvalue weighted by atomic mass is 10.3. The van der Waals surface area contributed by atoms with Crippen LogP contribution in [0.3, 0.4) is 0 Å². The molecular formula is C18H15FN2O3S. The summed E-state index contributed by atoms with van der Waals surface area (Å²) in [6.07, 6.45) is 1.66. The smallest absolute Gasteiger partial charge is 0.308 e. The number of hydrogen-bond acceptors (Lipinski definition) is 4. The topological polar surface area (TPSA) is 60.3 Å². The zero-order valence-corrected chi connectivity index (χ0v) is 14.0. The number of thiazole rings is 1. The van der Waals surface area contributed by atoms with Crippen molar-refractivity contribution in [3.63, 3.8) is 0 Å². The zero-order chi connectivity index (χ0) is 17.8. The van der Waals surface area contributed by atoms with E-state index in [-0.39, 0.29) is 23.2 Å². The summed E-state index contributed by atoms with van der Waals surface area (Å²) < 4.78 is 20.5. The molecule has 0 aliphatic heterocycles. The van der Waals surface area contributed by atoms with E-state index < -0.39 is 0 Å². The average molecular weight is 358 g/mol. The Morgan fingerprint density at radius 2 is 2.04 bits per heavy atom. The second-order valence-electron chi connectivity index (χ2n) is 5.24. The highest BCUT2D eigenvalue weighted by Crippen LogP contribution is 2.22. The molecule has 0 atom stereocenters. The molecule has 3 aromatic rings. The number of ether oxygens (including phenoxy) is 1. The highest BCUT2D eigenvalue weighted by atomic mass is 32.1. The highest BCUT2D eigenvalue weighted by molar-refractivity contribution is 7.16. The van der Waals surface area contributed by atoms with Crippen LogP contribution in [0.2, 0.25) is 0 Å². The molecule has 1 aromatic heterocycles. The number of aromatic nitrogens is 1. The third-order valence-corrected chi connectivity index (χ3v) is 4.39. The molecule has 1 amide bonds. The number of anilines is 1. The fourth-order valence-electron chi connectivity index (χ4n) is 2.32. The lowest BCUT2D eigenvalue weighted by Gasteiger charge is -2.08. The van der Waals surface area contributed by atoms with Gasteiger partial charge >= 0.3 is 4.87 Å². The van der Waals surface area contributed by atoms with E-state index in [1.807, 2.05) is 0 Å². The van der Waals surface area contributed by atoms with Crippen LogP contribution in [0.15, 0.2) is 59.9 Å². The van der Waals surface area contributed by atoms with Gasteiger partial charge in [-0.05, 0) is 42.5 Å². The number of nitrogens with one attached hydrogen (secondary N) is 1. The summed E-state index contributed by atoms with van der Waals surface area (Å²) in [5.41, 5.74) is 1.38. The van der Waals surface area contributed by atoms with Crippen molar-refractivity contribution in [2.24, 2.45) is 0 Å². The monoisotopic (exact) mass is 358 g/mol. The first-order valence-corrected chi connectivity index (χ1v) is 8.31. The molecule has 0 spiro atoms. The summed E-state index contributed by atoms with van der Waals surface area (Å²) in [4.78, 5) is 23.9. The van der Waals surface area contributed by atoms with Gasteiger partial charge in [0.15, 0.2) is 6.61 Å². The summed E-state index contributed by atoms with van der Waals surface area (Å²) in [6.45, 7) is 3.89. The maximum absolute atomic E-state index is 12.8. The number of amides is 1. The van der Waals surface area contributed by atoms with Crippen molar-refractivity contribution >= 4 is 33.1 Å². The first-order valence-electron chi connectivity index (χ1n) is 7.49. The molecule has 3 rings (SSSR count). The molecule has 2 aromatic carbocycles. The van der Waals surface area contributed by atoms with Gasteiger partial charge in [0.1, 0.15) is 11.6 Å². The van der Waals surface area contributed by atoms with E-state index in [0.29, 0.717) is 18.0 Å². The Hall–Kier alpha value is -2.93. The van der Waals surface area contributed by atoms with Crippen molar-refractivity contribution < 1.29 is 13.9 Å². The molecule has 128 valence electrons. The largest absolute Gasteiger partial charge is 0.484 e. The number of halogens is 1. The van der Waals surface area contributed by atoms with E-state index in [9.17, 15) is 14.0 Å². The van der Waals surface area contributed by atoms with Crippen LogP contribution >= 0.6 is 11.3 Å². The van der Waals surface area contributed by atoms with Crippen molar-refractivity contribution in [1.82, 2.24) is 4.57 Å². The van der Waals surface area contributed by atoms with Crippen molar-refractivity contribution in [3.8, 4) is 5.75 Å². The Morgan fingerprint density at radius 1 is 1.28 bits per heavy atom. The lowest BCUT2D eigenvalue weighted by molar-refractivity contribution is -0.118. The first-order chi connectivity index (χ1) is 12.1. The Kier molecular flexibility index (Phi) is 4.95. The summed E-state index contributed by atoms with van der Waals surface area (Å²) >= 11 is 1.11. The van der Waals surface area contributed by atoms with Gasteiger partial charge in [0.25, 0.3) is 5.91 Å². The molecule has 0 radical (unpaired) electrons. The van der Waals surface area contributed by atoms with Gasteiger partial charge in [0.05, 0.1) is 10.2 Å². The second-order valence-corrected chi connectivity index (χ2v) is 6.23. The molecule has 25 heavy (non-hydrogen) atoms. The minimum absolute atomic E-state index is 0.0713. The Balaban J connectivity index is 1.67. The quantitative estimate of drug-likeness (QED) is 0.687. The van der Waals surface area contributed by atoms with Gasteiger partial charge in [0, 0.05) is 12.2 Å². The highest BCUT2D eigenvalue weighted by Gasteiger charge is 2.09. The van der Waals surface area contributed by atoms with Crippen LogP contribution in [-0.4, -0.2) is 17.1 Å². The standard InChI is InChI=1S/C18H15FN2O3S/c1-2-9-21-15-8-5-13(10-16(15)25-18(21)23)20-17(22)11-24-14-6-3-12(19)4-7-14/h2-8,10H,1,9,11H2,(H,20,22). The maximum atomic E-state index is 12.8. The molecule has 0 aliphatic carbocycles. The number of benzene rings is 2. The summed E-state index contributed by atoms with van der Waals surface area (Å²) in [5.74, 6) is -0.305. The van der Waals surface area contributed by atoms with Gasteiger partial charge in [-0.2, -0.15) is 0 Å². The summed E-state index contributed by atoms with van der Waals surface area (Å²) in [6, 6.07) is 10.7. The maximum Gasteiger partial charge on any atom is 0.308 e. The number of hydrogen-bond donors (Lipinski definition) is 1. The van der Waals surface area contributed by atoms with Crippen LogP contribution in [-0.2, 0) is 11.3 Å². The molecule has 0 bridgehead atoms. The number of fused-ring (bicyclic) bond motifs is 1. The van der Waals surface area contributed by atoms with Crippen molar-refractivity contribution in [2.45, 2.75) is 6.54 Å². The number of nitrogens with zero attached hydrogens (tertiary/aromatic N) is 1. The second kappa shape index (κ2) is 7.31. The lowest BCUT2D eigenvalue weighted by Crippen LogP contribution is -2.20. The van der Waals surface area contributed by atoms with E-state index >= 15 is 0 Å². The normalized spacial score (nSPS) is 10.6. The zero-order valence-electron chi connectivity index (χ0n) is 13.2. The van der Waals surface area contributed by atoms with Crippen LogP contribution in [0.25, 0.3) is 10.2 Å². The van der Waals surface area contributed by atoms with Gasteiger partial charge in [-0.25, -0.2) is 4.39 Å². The molecule has 0 saturated heterocycles. The van der Waals surface area contributed by atoms with E-state index in [1.165, 1.54) is 24.3 Å². The SMILES string of the molecule is C=CCn1c(=O)sc2cc(NC(=O)COc3ccc(F)cc3)ccc21. The molecule has 7 heteroatoms. The third-order valence-electron chi connectivity index (χ3n) is 3.45. The molecular weight excluding hydrogens is 343 g/mol. The average Bonchev–Trinajstić information content (AvgIpc) is 2.90. The predicted octanol–water partition coefficient (Wildman–Crippen LogP) is 3.41. The summed E-state index contributed by atoms with van der Waals surface area (Å²) in [7, 11) is 0. The fraction of sp³-hybridized carbons (Fsp3) is 0.111. The van der Waals surface area contributed by atoms with E-state index in [2.05, 4.69) is 11.9 Å². The number of carbonyl (C=O) groups is 1. The van der Waals surface area contributed by atoms with Crippen molar-refractivity contribution in [2.75, 3.05) is 11.9 Å². The van der Waals surface area contributed by atoms with Crippen LogP contribution in [0, 0.1) is 5.82 Å². The number of carbonyl (C=O) groups excluding carboxylic acids is 1. The molecule has 0 saturated carbocycles. The fourth-order valence-corrected chi connectivity index (χ4v) is 3.26. The van der Waals surface area contributed by atoms with Gasteiger partial charge in [0.2, 0.25) is 0 Å². The Morgan fingerprint density at radius 3 is 2.76 bits per heavy atom. The summed E-state index contributed by atoms with van der Waals surface area (Å²) in [5, 5.41) is 2.71. The Labute approximate surface area is 147 Å². The van der Waals surface area contributed by atoms with Crippen LogP contribution in [0.4, 0.5) is 10.1 Å². The third kappa shape index (κ3) is 3.95. The van der Waals surface area contributed by atoms with Gasteiger partial charge in [-0.1, -0.05) is 17.4 Å². The van der Waals surface area contributed by atoms with Crippen LogP contribution in [0.5, 0.6) is 5.75 Å². The van der Waals surface area contributed by atoms with Crippen LogP contribution in [0.1, 0.15) is 0 Å². The van der Waals surface area contributed by atoms with Gasteiger partial charge in [-0.15, -0.1) is 6.58 Å². The molecule has 0 aliphatic rings. The molecule has 1 N–H and O–H groups in total. The first kappa shape index (κ1) is 16.9. The molecule has 5 nitrogen and oxygen atoms in total. The predicted molar refractivity (Wildman–Crippen MR) is 96.8 cm³/mol. The van der Waals surface area contributed by atoms with Crippen molar-refractivity contribution in [3.05, 3.63) is 70.6 Å². The number of allylic oxidation sites excluding steroid dienone is 1. The van der Waals surface area contributed by atoms with Gasteiger partial charge in [-0.3, -0.25) is 14.2 Å². The number of rotatable bonds is 6. The molecule has 0 fully saturated rings. The van der Waals surface area contributed by atoms with Gasteiger partial charge < -0.3 is 10.1 Å². The Bertz CT molecular complexity index is 976. The van der Waals surface area contributed by atoms with E-state index in [0.717, 1.165) is 21.6 Å². The van der Waals surface area contributed by atoms with Crippen molar-refractivity contribution in [1.29, 1.82) is 0 Å². The van der Waals surface area contributed by atoms with E-state index in [1.54, 1.807) is 28.8 Å².